The predicted molar refractivity (Wildman–Crippen MR) is 130 cm³/mol. The standard InChI is InChI=1S/C25H25ClFN5O2/c1-14(2)34-23-17(12-19-31-15(3)22-24(28)29-9-10-32(19)22)11-18(26)21(27)20(23)25(33)30-13-16-7-5-4-6-8-16/h4-11,14H,12-13H2,1-3H3,(H2,28,29)(H,30,33). The van der Waals surface area contributed by atoms with Gasteiger partial charge in [-0.25, -0.2) is 14.4 Å². The average molecular weight is 482 g/mol. The second-order valence-electron chi connectivity index (χ2n) is 8.19. The molecule has 0 aliphatic carbocycles. The highest BCUT2D eigenvalue weighted by Crippen LogP contribution is 2.35. The molecule has 176 valence electrons. The molecule has 0 saturated heterocycles. The molecule has 0 fully saturated rings. The van der Waals surface area contributed by atoms with Crippen LogP contribution in [0.1, 0.15) is 46.9 Å². The SMILES string of the molecule is Cc1nc(Cc2cc(Cl)c(F)c(C(=O)NCc3ccccc3)c2OC(C)C)n2ccnc(N)c12. The highest BCUT2D eigenvalue weighted by molar-refractivity contribution is 6.31. The van der Waals surface area contributed by atoms with Crippen molar-refractivity contribution in [1.29, 1.82) is 0 Å². The van der Waals surface area contributed by atoms with Gasteiger partial charge in [-0.05, 0) is 32.4 Å². The number of aryl methyl sites for hydroxylation is 1. The molecule has 4 rings (SSSR count). The van der Waals surface area contributed by atoms with Crippen LogP contribution in [-0.4, -0.2) is 26.4 Å². The third-order valence-corrected chi connectivity index (χ3v) is 5.58. The zero-order valence-corrected chi connectivity index (χ0v) is 19.9. The molecule has 0 aliphatic heterocycles. The molecular formula is C25H25ClFN5O2. The number of imidazole rings is 1. The lowest BCUT2D eigenvalue weighted by atomic mass is 10.0. The summed E-state index contributed by atoms with van der Waals surface area (Å²) in [5, 5.41) is 2.59. The molecule has 0 atom stereocenters. The Bertz CT molecular complexity index is 1350. The van der Waals surface area contributed by atoms with E-state index in [1.54, 1.807) is 12.4 Å². The second kappa shape index (κ2) is 9.69. The summed E-state index contributed by atoms with van der Waals surface area (Å²) in [7, 11) is 0. The fraction of sp³-hybridized carbons (Fsp3) is 0.240. The van der Waals surface area contributed by atoms with Crippen LogP contribution in [0.5, 0.6) is 5.75 Å². The first kappa shape index (κ1) is 23.5. The molecule has 9 heteroatoms. The van der Waals surface area contributed by atoms with Crippen LogP contribution in [0.2, 0.25) is 5.02 Å². The number of nitrogens with one attached hydrogen (secondary N) is 1. The minimum absolute atomic E-state index is 0.138. The number of carbonyl (C=O) groups excluding carboxylic acids is 1. The maximum atomic E-state index is 15.2. The Morgan fingerprint density at radius 3 is 2.74 bits per heavy atom. The monoisotopic (exact) mass is 481 g/mol. The Labute approximate surface area is 201 Å². The summed E-state index contributed by atoms with van der Waals surface area (Å²) in [4.78, 5) is 21.9. The lowest BCUT2D eigenvalue weighted by Gasteiger charge is -2.19. The minimum Gasteiger partial charge on any atom is -0.490 e. The first-order valence-corrected chi connectivity index (χ1v) is 11.2. The quantitative estimate of drug-likeness (QED) is 0.398. The zero-order chi connectivity index (χ0) is 24.4. The summed E-state index contributed by atoms with van der Waals surface area (Å²) in [5.74, 6) is -0.314. The van der Waals surface area contributed by atoms with Crippen molar-refractivity contribution in [3.63, 3.8) is 0 Å². The van der Waals surface area contributed by atoms with Gasteiger partial charge < -0.3 is 15.8 Å². The number of carbonyl (C=O) groups is 1. The molecule has 7 nitrogen and oxygen atoms in total. The van der Waals surface area contributed by atoms with E-state index in [9.17, 15) is 4.79 Å². The fourth-order valence-corrected chi connectivity index (χ4v) is 4.07. The summed E-state index contributed by atoms with van der Waals surface area (Å²) in [6.07, 6.45) is 3.26. The van der Waals surface area contributed by atoms with Crippen molar-refractivity contribution < 1.29 is 13.9 Å². The average Bonchev–Trinajstić information content (AvgIpc) is 3.12. The van der Waals surface area contributed by atoms with Crippen molar-refractivity contribution >= 4 is 28.8 Å². The molecule has 2 aromatic heterocycles. The van der Waals surface area contributed by atoms with Gasteiger partial charge in [0.05, 0.1) is 16.8 Å². The Hall–Kier alpha value is -3.65. The van der Waals surface area contributed by atoms with Gasteiger partial charge in [0.25, 0.3) is 5.91 Å². The normalized spacial score (nSPS) is 11.2. The number of aromatic nitrogens is 3. The van der Waals surface area contributed by atoms with Crippen molar-refractivity contribution in [3.8, 4) is 5.75 Å². The molecule has 0 unspecified atom stereocenters. The first-order valence-electron chi connectivity index (χ1n) is 10.8. The van der Waals surface area contributed by atoms with Gasteiger partial charge in [-0.15, -0.1) is 0 Å². The summed E-state index contributed by atoms with van der Waals surface area (Å²) in [6, 6.07) is 10.8. The molecule has 3 N–H and O–H groups in total. The number of nitrogen functional groups attached to an aromatic ring is 1. The van der Waals surface area contributed by atoms with Crippen LogP contribution in [0.3, 0.4) is 0 Å². The van der Waals surface area contributed by atoms with Gasteiger partial charge in [-0.2, -0.15) is 0 Å². The number of hydrogen-bond donors (Lipinski definition) is 2. The minimum atomic E-state index is -0.829. The number of anilines is 1. The van der Waals surface area contributed by atoms with Crippen molar-refractivity contribution in [2.45, 2.75) is 39.8 Å². The third kappa shape index (κ3) is 4.68. The van der Waals surface area contributed by atoms with Crippen LogP contribution < -0.4 is 15.8 Å². The maximum Gasteiger partial charge on any atom is 0.258 e. The van der Waals surface area contributed by atoms with Crippen molar-refractivity contribution in [1.82, 2.24) is 19.7 Å². The van der Waals surface area contributed by atoms with Gasteiger partial charge >= 0.3 is 0 Å². The number of nitrogens with two attached hydrogens (primary N) is 1. The van der Waals surface area contributed by atoms with Crippen molar-refractivity contribution in [2.75, 3.05) is 5.73 Å². The molecule has 0 saturated carbocycles. The Morgan fingerprint density at radius 1 is 1.29 bits per heavy atom. The van der Waals surface area contributed by atoms with E-state index in [4.69, 9.17) is 22.1 Å². The number of hydrogen-bond acceptors (Lipinski definition) is 5. The molecule has 0 spiro atoms. The number of benzene rings is 2. The summed E-state index contributed by atoms with van der Waals surface area (Å²) < 4.78 is 23.0. The van der Waals surface area contributed by atoms with E-state index in [0.717, 1.165) is 5.56 Å². The van der Waals surface area contributed by atoms with Gasteiger partial charge in [0.15, 0.2) is 5.82 Å². The highest BCUT2D eigenvalue weighted by Gasteiger charge is 2.26. The smallest absolute Gasteiger partial charge is 0.258 e. The van der Waals surface area contributed by atoms with Gasteiger partial charge in [-0.1, -0.05) is 41.9 Å². The number of fused-ring (bicyclic) bond motifs is 1. The molecular weight excluding hydrogens is 457 g/mol. The van der Waals surface area contributed by atoms with Crippen molar-refractivity contribution in [3.05, 3.63) is 87.8 Å². The fourth-order valence-electron chi connectivity index (χ4n) is 3.84. The van der Waals surface area contributed by atoms with E-state index in [2.05, 4.69) is 15.3 Å². The van der Waals surface area contributed by atoms with E-state index >= 15 is 4.39 Å². The molecule has 2 aromatic carbocycles. The van der Waals surface area contributed by atoms with Crippen LogP contribution in [0, 0.1) is 12.7 Å². The molecule has 34 heavy (non-hydrogen) atoms. The van der Waals surface area contributed by atoms with Gasteiger partial charge in [0.2, 0.25) is 0 Å². The highest BCUT2D eigenvalue weighted by atomic mass is 35.5. The van der Waals surface area contributed by atoms with Crippen LogP contribution >= 0.6 is 11.6 Å². The van der Waals surface area contributed by atoms with Crippen LogP contribution in [0.15, 0.2) is 48.8 Å². The van der Waals surface area contributed by atoms with Gasteiger partial charge in [-0.3, -0.25) is 9.20 Å². The van der Waals surface area contributed by atoms with Crippen molar-refractivity contribution in [2.24, 2.45) is 0 Å². The van der Waals surface area contributed by atoms with Crippen LogP contribution in [0.25, 0.3) is 5.52 Å². The number of nitrogens with zero attached hydrogens (tertiary/aromatic N) is 3. The molecule has 1 amide bonds. The maximum absolute atomic E-state index is 15.2. The lowest BCUT2D eigenvalue weighted by molar-refractivity contribution is 0.0940. The summed E-state index contributed by atoms with van der Waals surface area (Å²) in [5.41, 5.74) is 8.62. The molecule has 0 radical (unpaired) electrons. The second-order valence-corrected chi connectivity index (χ2v) is 8.60. The van der Waals surface area contributed by atoms with E-state index in [1.165, 1.54) is 6.07 Å². The third-order valence-electron chi connectivity index (χ3n) is 5.30. The Balaban J connectivity index is 1.77. The number of halogens is 2. The van der Waals surface area contributed by atoms with E-state index in [-0.39, 0.29) is 35.4 Å². The Kier molecular flexibility index (Phi) is 6.70. The zero-order valence-electron chi connectivity index (χ0n) is 19.1. The molecule has 0 aliphatic rings. The number of rotatable bonds is 7. The molecule has 2 heterocycles. The largest absolute Gasteiger partial charge is 0.490 e. The number of ether oxygens (including phenoxy) is 1. The first-order chi connectivity index (χ1) is 16.3. The van der Waals surface area contributed by atoms with Gasteiger partial charge in [0, 0.05) is 30.9 Å². The lowest BCUT2D eigenvalue weighted by Crippen LogP contribution is -2.26. The van der Waals surface area contributed by atoms with Gasteiger partial charge in [0.1, 0.15) is 28.5 Å². The predicted octanol–water partition coefficient (Wildman–Crippen LogP) is 4.72. The molecule has 4 aromatic rings. The summed E-state index contributed by atoms with van der Waals surface area (Å²) >= 11 is 6.24. The topological polar surface area (TPSA) is 94.5 Å². The molecule has 0 bridgehead atoms. The van der Waals surface area contributed by atoms with E-state index in [0.29, 0.717) is 28.4 Å². The number of amides is 1. The van der Waals surface area contributed by atoms with Crippen LogP contribution in [0.4, 0.5) is 10.2 Å². The van der Waals surface area contributed by atoms with E-state index in [1.807, 2.05) is 55.5 Å². The van der Waals surface area contributed by atoms with E-state index < -0.39 is 11.7 Å². The Morgan fingerprint density at radius 2 is 2.03 bits per heavy atom. The summed E-state index contributed by atoms with van der Waals surface area (Å²) in [6.45, 7) is 5.69. The van der Waals surface area contributed by atoms with Crippen LogP contribution in [-0.2, 0) is 13.0 Å².